The van der Waals surface area contributed by atoms with Crippen LogP contribution in [-0.4, -0.2) is 70.0 Å². The van der Waals surface area contributed by atoms with Crippen molar-refractivity contribution in [2.24, 2.45) is 0 Å². The van der Waals surface area contributed by atoms with Crippen LogP contribution in [0.2, 0.25) is 0 Å². The first-order chi connectivity index (χ1) is 16.1. The second-order valence-corrected chi connectivity index (χ2v) is 8.38. The van der Waals surface area contributed by atoms with Gasteiger partial charge in [0.15, 0.2) is 0 Å². The van der Waals surface area contributed by atoms with E-state index in [-0.39, 0.29) is 24.0 Å². The molecule has 1 unspecified atom stereocenters. The van der Waals surface area contributed by atoms with Crippen LogP contribution < -0.4 is 15.0 Å². The number of aromatic amines is 1. The van der Waals surface area contributed by atoms with Gasteiger partial charge in [-0.3, -0.25) is 9.59 Å². The summed E-state index contributed by atoms with van der Waals surface area (Å²) in [6.07, 6.45) is 6.27. The number of hydrogen-bond acceptors (Lipinski definition) is 6. The Balaban J connectivity index is 1.32. The highest BCUT2D eigenvalue weighted by Gasteiger charge is 2.35. The number of aromatic nitrogens is 3. The van der Waals surface area contributed by atoms with E-state index in [1.807, 2.05) is 30.3 Å². The van der Waals surface area contributed by atoms with Crippen molar-refractivity contribution in [2.45, 2.75) is 25.0 Å². The van der Waals surface area contributed by atoms with Crippen LogP contribution in [0, 0.1) is 0 Å². The van der Waals surface area contributed by atoms with E-state index < -0.39 is 0 Å². The minimum Gasteiger partial charge on any atom is -0.487 e. The molecule has 4 heterocycles. The molecule has 3 aromatic rings. The molecule has 5 rings (SSSR count). The van der Waals surface area contributed by atoms with Crippen molar-refractivity contribution in [3.05, 3.63) is 61.1 Å². The smallest absolute Gasteiger partial charge is 0.256 e. The van der Waals surface area contributed by atoms with Crippen LogP contribution in [0.15, 0.2) is 55.5 Å². The molecular weight excluding hydrogens is 420 g/mol. The predicted octanol–water partition coefficient (Wildman–Crippen LogP) is 2.13. The highest BCUT2D eigenvalue weighted by molar-refractivity contribution is 6.10. The first kappa shape index (κ1) is 21.0. The van der Waals surface area contributed by atoms with Crippen LogP contribution in [0.1, 0.15) is 23.2 Å². The van der Waals surface area contributed by atoms with Crippen molar-refractivity contribution >= 4 is 28.7 Å². The van der Waals surface area contributed by atoms with Gasteiger partial charge in [0.2, 0.25) is 5.91 Å². The molecule has 0 saturated carbocycles. The number of ether oxygens (including phenoxy) is 1. The van der Waals surface area contributed by atoms with Gasteiger partial charge < -0.3 is 24.8 Å². The van der Waals surface area contributed by atoms with E-state index in [2.05, 4.69) is 31.7 Å². The molecule has 0 spiro atoms. The first-order valence-electron chi connectivity index (χ1n) is 11.1. The van der Waals surface area contributed by atoms with Crippen LogP contribution >= 0.6 is 0 Å². The molecule has 0 aliphatic carbocycles. The molecule has 33 heavy (non-hydrogen) atoms. The van der Waals surface area contributed by atoms with Crippen molar-refractivity contribution in [2.75, 3.05) is 31.1 Å². The van der Waals surface area contributed by atoms with E-state index in [0.29, 0.717) is 42.0 Å². The maximum absolute atomic E-state index is 13.3. The molecule has 0 radical (unpaired) electrons. The monoisotopic (exact) mass is 446 g/mol. The number of para-hydroxylation sites is 1. The molecule has 2 amide bonds. The number of carbonyl (C=O) groups is 2. The Kier molecular flexibility index (Phi) is 5.68. The Labute approximate surface area is 191 Å². The number of H-pyrrole nitrogens is 1. The van der Waals surface area contributed by atoms with Crippen molar-refractivity contribution in [3.63, 3.8) is 0 Å². The summed E-state index contributed by atoms with van der Waals surface area (Å²) >= 11 is 0. The summed E-state index contributed by atoms with van der Waals surface area (Å²) < 4.78 is 5.93. The zero-order valence-corrected chi connectivity index (χ0v) is 18.2. The molecule has 170 valence electrons. The minimum absolute atomic E-state index is 0.00126. The van der Waals surface area contributed by atoms with Gasteiger partial charge in [0.05, 0.1) is 24.0 Å². The lowest BCUT2D eigenvalue weighted by atomic mass is 10.0. The zero-order valence-electron chi connectivity index (χ0n) is 18.2. The van der Waals surface area contributed by atoms with E-state index in [4.69, 9.17) is 4.74 Å². The molecule has 2 saturated heterocycles. The highest BCUT2D eigenvalue weighted by Crippen LogP contribution is 2.30. The fraction of sp³-hybridized carbons (Fsp3) is 0.333. The van der Waals surface area contributed by atoms with Gasteiger partial charge in [0, 0.05) is 25.3 Å². The van der Waals surface area contributed by atoms with E-state index in [1.165, 1.54) is 12.4 Å². The molecule has 2 aliphatic heterocycles. The minimum atomic E-state index is -0.183. The van der Waals surface area contributed by atoms with Gasteiger partial charge in [-0.25, -0.2) is 9.97 Å². The van der Waals surface area contributed by atoms with Crippen molar-refractivity contribution < 1.29 is 14.3 Å². The van der Waals surface area contributed by atoms with Gasteiger partial charge in [-0.1, -0.05) is 24.8 Å². The molecule has 2 N–H and O–H groups in total. The Morgan fingerprint density at radius 2 is 2.00 bits per heavy atom. The van der Waals surface area contributed by atoms with Crippen LogP contribution in [0.5, 0.6) is 5.75 Å². The van der Waals surface area contributed by atoms with Crippen LogP contribution in [0.4, 0.5) is 5.82 Å². The third kappa shape index (κ3) is 4.26. The van der Waals surface area contributed by atoms with Gasteiger partial charge in [-0.2, -0.15) is 0 Å². The summed E-state index contributed by atoms with van der Waals surface area (Å²) in [6.45, 7) is 5.99. The second-order valence-electron chi connectivity index (χ2n) is 8.38. The third-order valence-electron chi connectivity index (χ3n) is 6.11. The van der Waals surface area contributed by atoms with Crippen molar-refractivity contribution in [1.82, 2.24) is 25.2 Å². The lowest BCUT2D eigenvalue weighted by molar-refractivity contribution is -0.117. The molecule has 0 bridgehead atoms. The molecule has 1 aromatic carbocycles. The number of fused-ring (bicyclic) bond motifs is 1. The molecule has 9 nitrogen and oxygen atoms in total. The number of hydrogen-bond donors (Lipinski definition) is 2. The summed E-state index contributed by atoms with van der Waals surface area (Å²) in [5, 5.41) is 3.68. The summed E-state index contributed by atoms with van der Waals surface area (Å²) in [4.78, 5) is 40.9. The summed E-state index contributed by atoms with van der Waals surface area (Å²) in [7, 11) is 0. The second kappa shape index (κ2) is 8.93. The molecule has 1 atom stereocenters. The van der Waals surface area contributed by atoms with Crippen molar-refractivity contribution in [1.29, 1.82) is 0 Å². The Morgan fingerprint density at radius 3 is 2.79 bits per heavy atom. The third-order valence-corrected chi connectivity index (χ3v) is 6.11. The fourth-order valence-corrected chi connectivity index (χ4v) is 4.44. The Bertz CT molecular complexity index is 1170. The lowest BCUT2D eigenvalue weighted by Crippen LogP contribution is -2.56. The highest BCUT2D eigenvalue weighted by atomic mass is 16.5. The van der Waals surface area contributed by atoms with Gasteiger partial charge >= 0.3 is 0 Å². The first-order valence-corrected chi connectivity index (χ1v) is 11.1. The van der Waals surface area contributed by atoms with E-state index in [0.717, 1.165) is 25.1 Å². The average Bonchev–Trinajstić information content (AvgIpc) is 3.26. The normalized spacial score (nSPS) is 18.6. The van der Waals surface area contributed by atoms with Gasteiger partial charge in [-0.05, 0) is 31.1 Å². The van der Waals surface area contributed by atoms with Crippen LogP contribution in [0.3, 0.4) is 0 Å². The SMILES string of the molecule is C=CC(=O)NC1CCCN(c2ncnc3[nH]cc(C(=O)N4CC(Oc5ccccc5)C4)c23)C1. The maximum atomic E-state index is 13.3. The zero-order chi connectivity index (χ0) is 22.8. The van der Waals surface area contributed by atoms with E-state index >= 15 is 0 Å². The number of amides is 2. The Morgan fingerprint density at radius 1 is 1.18 bits per heavy atom. The number of piperidine rings is 1. The number of anilines is 1. The molecule has 2 fully saturated rings. The topological polar surface area (TPSA) is 103 Å². The number of benzene rings is 1. The summed E-state index contributed by atoms with van der Waals surface area (Å²) in [5.41, 5.74) is 1.18. The number of nitrogens with zero attached hydrogens (tertiary/aromatic N) is 4. The number of carbonyl (C=O) groups excluding carboxylic acids is 2. The lowest BCUT2D eigenvalue weighted by Gasteiger charge is -2.39. The van der Waals surface area contributed by atoms with Gasteiger partial charge in [0.25, 0.3) is 5.91 Å². The van der Waals surface area contributed by atoms with Crippen LogP contribution in [-0.2, 0) is 4.79 Å². The summed E-state index contributed by atoms with van der Waals surface area (Å²) in [5.74, 6) is 1.26. The Hall–Kier alpha value is -3.88. The van der Waals surface area contributed by atoms with Crippen LogP contribution in [0.25, 0.3) is 11.0 Å². The average molecular weight is 447 g/mol. The van der Waals surface area contributed by atoms with Gasteiger partial charge in [-0.15, -0.1) is 0 Å². The molecule has 9 heteroatoms. The number of rotatable bonds is 6. The standard InChI is InChI=1S/C24H26N6O3/c1-2-20(31)28-16-7-6-10-29(12-16)23-21-19(11-25-22(21)26-15-27-23)24(32)30-13-18(14-30)33-17-8-4-3-5-9-17/h2-5,8-9,11,15-16,18H,1,6-7,10,12-14H2,(H,28,31)(H,25,26,27). The fourth-order valence-electron chi connectivity index (χ4n) is 4.44. The van der Waals surface area contributed by atoms with Crippen molar-refractivity contribution in [3.8, 4) is 5.75 Å². The number of nitrogens with one attached hydrogen (secondary N) is 2. The maximum Gasteiger partial charge on any atom is 0.256 e. The van der Waals surface area contributed by atoms with Gasteiger partial charge in [0.1, 0.15) is 29.6 Å². The quantitative estimate of drug-likeness (QED) is 0.563. The predicted molar refractivity (Wildman–Crippen MR) is 124 cm³/mol. The largest absolute Gasteiger partial charge is 0.487 e. The molecule has 2 aliphatic rings. The number of likely N-dealkylation sites (tertiary alicyclic amines) is 1. The van der Waals surface area contributed by atoms with E-state index in [1.54, 1.807) is 11.1 Å². The van der Waals surface area contributed by atoms with E-state index in [9.17, 15) is 9.59 Å². The molecule has 2 aromatic heterocycles. The molecular formula is C24H26N6O3. The summed E-state index contributed by atoms with van der Waals surface area (Å²) in [6, 6.07) is 9.63.